The summed E-state index contributed by atoms with van der Waals surface area (Å²) in [4.78, 5) is 0. The lowest BCUT2D eigenvalue weighted by atomic mass is 10.6. The lowest BCUT2D eigenvalue weighted by Crippen LogP contribution is -2.08. The maximum atomic E-state index is 10.7. The summed E-state index contributed by atoms with van der Waals surface area (Å²) in [5.74, 6) is 0. The van der Waals surface area contributed by atoms with Crippen LogP contribution in [0.3, 0.4) is 0 Å². The molecule has 0 bridgehead atoms. The summed E-state index contributed by atoms with van der Waals surface area (Å²) in [7, 11) is 0.500. The molecular formula is C15H42F10O. The topological polar surface area (TPSA) is 20.2 Å². The van der Waals surface area contributed by atoms with E-state index >= 15 is 0 Å². The Morgan fingerprint density at radius 2 is 0.885 bits per heavy atom. The molecule has 0 spiro atoms. The molecule has 0 fully saturated rings. The Kier molecular flexibility index (Phi) is 210. The van der Waals surface area contributed by atoms with E-state index in [-0.39, 0.29) is 51.2 Å². The molecule has 0 saturated carbocycles. The third kappa shape index (κ3) is 417. The average Bonchev–Trinajstić information content (AvgIpc) is 2.42. The van der Waals surface area contributed by atoms with E-state index in [1.54, 1.807) is 6.92 Å². The van der Waals surface area contributed by atoms with E-state index in [4.69, 9.17) is 5.11 Å². The van der Waals surface area contributed by atoms with E-state index < -0.39 is 32.8 Å². The molecule has 0 aromatic heterocycles. The third-order valence-corrected chi connectivity index (χ3v) is 0.468. The monoisotopic (exact) mass is 428 g/mol. The first-order valence-electron chi connectivity index (χ1n) is 4.73. The molecule has 11 heteroatoms. The summed E-state index contributed by atoms with van der Waals surface area (Å²) in [5.41, 5.74) is 0. The van der Waals surface area contributed by atoms with Gasteiger partial charge in [0.1, 0.15) is 6.67 Å². The van der Waals surface area contributed by atoms with Gasteiger partial charge in [0, 0.05) is 0 Å². The van der Waals surface area contributed by atoms with Crippen LogP contribution in [-0.2, 0) is 0 Å². The minimum absolute atomic E-state index is 0. The zero-order valence-corrected chi connectivity index (χ0v) is 10.8. The minimum Gasteiger partial charge on any atom is -0.362 e. The van der Waals surface area contributed by atoms with Gasteiger partial charge in [-0.2, -0.15) is 13.2 Å². The fourth-order valence-corrected chi connectivity index (χ4v) is 0. The van der Waals surface area contributed by atoms with Gasteiger partial charge in [0.05, 0.1) is 13.9 Å². The van der Waals surface area contributed by atoms with E-state index in [9.17, 15) is 43.9 Å². The van der Waals surface area contributed by atoms with Crippen LogP contribution in [0.2, 0.25) is 0 Å². The minimum atomic E-state index is -4.62. The van der Waals surface area contributed by atoms with Crippen LogP contribution >= 0.6 is 0 Å². The highest BCUT2D eigenvalue weighted by Gasteiger charge is 2.26. The number of alkyl halides is 10. The molecule has 0 rings (SSSR count). The van der Waals surface area contributed by atoms with Crippen molar-refractivity contribution >= 4 is 0 Å². The van der Waals surface area contributed by atoms with Gasteiger partial charge >= 0.3 is 6.18 Å². The van der Waals surface area contributed by atoms with Crippen molar-refractivity contribution in [2.75, 3.05) is 34.1 Å². The molecular weight excluding hydrogens is 386 g/mol. The van der Waals surface area contributed by atoms with Crippen LogP contribution in [0, 0.1) is 0 Å². The normalized spacial score (nSPS) is 7.73. The highest BCUT2D eigenvalue weighted by molar-refractivity contribution is 4.39. The van der Waals surface area contributed by atoms with Crippen molar-refractivity contribution in [3.8, 4) is 0 Å². The van der Waals surface area contributed by atoms with Gasteiger partial charge in [0.2, 0.25) is 13.3 Å². The van der Waals surface area contributed by atoms with E-state index in [1.165, 1.54) is 0 Å². The highest BCUT2D eigenvalue weighted by Crippen LogP contribution is 2.13. The average molecular weight is 428 g/mol. The first-order chi connectivity index (χ1) is 9.16. The number of halogens is 10. The molecule has 178 valence electrons. The molecule has 0 heterocycles. The van der Waals surface area contributed by atoms with Crippen LogP contribution in [0.5, 0.6) is 0 Å². The fourth-order valence-electron chi connectivity index (χ4n) is 0. The largest absolute Gasteiger partial charge is 0.416 e. The second kappa shape index (κ2) is 74.6. The zero-order chi connectivity index (χ0) is 17.6. The van der Waals surface area contributed by atoms with Gasteiger partial charge in [0.15, 0.2) is 6.67 Å². The predicted octanol–water partition coefficient (Wildman–Crippen LogP) is 8.41. The quantitative estimate of drug-likeness (QED) is 0.438. The lowest BCUT2D eigenvalue weighted by Gasteiger charge is -1.93. The number of aliphatic hydroxyl groups excluding tert-OH is 1. The summed E-state index contributed by atoms with van der Waals surface area (Å²) < 4.78 is 102. The molecule has 1 nitrogen and oxygen atoms in total. The Morgan fingerprint density at radius 1 is 0.769 bits per heavy atom. The second-order valence-electron chi connectivity index (χ2n) is 2.13. The molecule has 0 aliphatic rings. The van der Waals surface area contributed by atoms with Crippen LogP contribution in [0.1, 0.15) is 57.9 Å². The van der Waals surface area contributed by atoms with E-state index in [0.717, 1.165) is 0 Å². The summed E-state index contributed by atoms with van der Waals surface area (Å²) >= 11 is 0. The Labute approximate surface area is 154 Å². The van der Waals surface area contributed by atoms with Gasteiger partial charge in [-0.15, -0.1) is 0 Å². The van der Waals surface area contributed by atoms with Crippen LogP contribution < -0.4 is 0 Å². The summed E-state index contributed by atoms with van der Waals surface area (Å²) in [5, 5.41) is 7.32. The summed E-state index contributed by atoms with van der Waals surface area (Å²) in [6.45, 7) is -3.66. The summed E-state index contributed by atoms with van der Waals surface area (Å²) in [6.07, 6.45) is -6.25. The zero-order valence-electron chi connectivity index (χ0n) is 10.8. The molecule has 0 aromatic carbocycles. The van der Waals surface area contributed by atoms with Crippen molar-refractivity contribution in [1.29, 1.82) is 0 Å². The van der Waals surface area contributed by atoms with Crippen LogP contribution in [0.25, 0.3) is 0 Å². The lowest BCUT2D eigenvalue weighted by molar-refractivity contribution is -0.142. The van der Waals surface area contributed by atoms with Gasteiger partial charge in [0.25, 0.3) is 0 Å². The molecule has 0 aliphatic carbocycles. The summed E-state index contributed by atoms with van der Waals surface area (Å²) in [6, 6.07) is 0. The van der Waals surface area contributed by atoms with E-state index in [1.807, 2.05) is 0 Å². The second-order valence-corrected chi connectivity index (χ2v) is 2.13. The molecule has 26 heavy (non-hydrogen) atoms. The van der Waals surface area contributed by atoms with Crippen LogP contribution in [0.15, 0.2) is 0 Å². The van der Waals surface area contributed by atoms with E-state index in [0.29, 0.717) is 13.6 Å². The Balaban J connectivity index is -0.0000000118. The van der Waals surface area contributed by atoms with Gasteiger partial charge in [-0.05, 0) is 6.42 Å². The molecule has 0 amide bonds. The molecule has 1 N–H and O–H groups in total. The van der Waals surface area contributed by atoms with Crippen molar-refractivity contribution in [2.45, 2.75) is 70.4 Å². The molecule has 0 radical (unpaired) electrons. The SMILES string of the molecule is C.C.C.C.C.C.CCCF.CF.FCC(F)(F)F.FCF.OC(F)CF. The molecule has 0 aromatic rings. The Hall–Kier alpha value is -0.740. The smallest absolute Gasteiger partial charge is 0.362 e. The first-order valence-corrected chi connectivity index (χ1v) is 4.73. The van der Waals surface area contributed by atoms with Gasteiger partial charge in [-0.1, -0.05) is 51.5 Å². The third-order valence-electron chi connectivity index (χ3n) is 0.468. The first kappa shape index (κ1) is 73.1. The van der Waals surface area contributed by atoms with Crippen molar-refractivity contribution < 1.29 is 49.0 Å². The highest BCUT2D eigenvalue weighted by atomic mass is 19.4. The van der Waals surface area contributed by atoms with Gasteiger partial charge < -0.3 is 5.11 Å². The predicted molar refractivity (Wildman–Crippen MR) is 95.9 cm³/mol. The van der Waals surface area contributed by atoms with Gasteiger partial charge in [-0.3, -0.25) is 8.78 Å². The van der Waals surface area contributed by atoms with Crippen LogP contribution in [-0.4, -0.2) is 51.8 Å². The van der Waals surface area contributed by atoms with Crippen molar-refractivity contribution in [3.05, 3.63) is 0 Å². The van der Waals surface area contributed by atoms with Gasteiger partial charge in [-0.25, -0.2) is 22.0 Å². The molecule has 0 aliphatic heterocycles. The van der Waals surface area contributed by atoms with Crippen LogP contribution in [0.4, 0.5) is 43.9 Å². The van der Waals surface area contributed by atoms with Crippen molar-refractivity contribution in [1.82, 2.24) is 0 Å². The number of rotatable bonds is 2. The van der Waals surface area contributed by atoms with Crippen molar-refractivity contribution in [3.63, 3.8) is 0 Å². The number of hydrogen-bond acceptors (Lipinski definition) is 1. The molecule has 0 saturated heterocycles. The number of aliphatic hydroxyl groups is 1. The fraction of sp³-hybridized carbons (Fsp3) is 1.00. The Bertz CT molecular complexity index is 123. The van der Waals surface area contributed by atoms with E-state index in [2.05, 4.69) is 0 Å². The number of hydrogen-bond donors (Lipinski definition) is 1. The maximum absolute atomic E-state index is 10.7. The van der Waals surface area contributed by atoms with Crippen molar-refractivity contribution in [2.24, 2.45) is 0 Å². The Morgan fingerprint density at radius 3 is 0.885 bits per heavy atom. The standard InChI is InChI=1S/C3H7F.C2H2F4.C2H4F2O.CH2F2.CH3F.6CH4/c1-2-3-4;3-1-2(4,5)6;3-1-2(4)5;2-1-3;1-2;;;;;;/h2-3H2,1H3;1H2;2,5H,1H2;1H2;1H3;6*1H4. The molecule has 1 atom stereocenters. The molecule has 1 unspecified atom stereocenters. The maximum Gasteiger partial charge on any atom is 0.416 e.